The number of nitrogens with two attached hydrogens (primary N) is 2. The van der Waals surface area contributed by atoms with E-state index in [1.807, 2.05) is 19.9 Å². The minimum absolute atomic E-state index is 0.0618. The van der Waals surface area contributed by atoms with E-state index >= 15 is 0 Å². The quantitative estimate of drug-likeness (QED) is 0.0333. The number of esters is 2. The van der Waals surface area contributed by atoms with Crippen molar-refractivity contribution in [3.05, 3.63) is 59.8 Å². The molecule has 0 unspecified atom stereocenters. The van der Waals surface area contributed by atoms with E-state index in [9.17, 15) is 70.6 Å². The molecule has 20 nitrogen and oxygen atoms in total. The van der Waals surface area contributed by atoms with Crippen LogP contribution in [0.15, 0.2) is 64.7 Å². The minimum Gasteiger partial charge on any atom is -0.481 e. The van der Waals surface area contributed by atoms with Gasteiger partial charge < -0.3 is 81.8 Å². The number of cyclic esters (lactones) is 1. The molecule has 2 aliphatic rings. The third kappa shape index (κ3) is 25.3. The molecule has 0 aliphatic carbocycles. The van der Waals surface area contributed by atoms with Crippen LogP contribution in [-0.4, -0.2) is 166 Å². The fourth-order valence-corrected chi connectivity index (χ4v) is 9.34. The lowest BCUT2D eigenvalue weighted by Crippen LogP contribution is -2.60. The first kappa shape index (κ1) is 67.1. The number of aliphatic imine (C=N–C) groups is 1. The van der Waals surface area contributed by atoms with Crippen molar-refractivity contribution in [1.82, 2.24) is 0 Å². The number of carboxylic acids is 1. The zero-order chi connectivity index (χ0) is 56.6. The Morgan fingerprint density at radius 1 is 0.787 bits per heavy atom. The van der Waals surface area contributed by atoms with Crippen LogP contribution in [-0.2, 0) is 28.6 Å². The molecule has 0 amide bonds. The average molecular weight is 1070 g/mol. The third-order valence-corrected chi connectivity index (χ3v) is 14.5. The van der Waals surface area contributed by atoms with Gasteiger partial charge in [0.15, 0.2) is 11.7 Å². The number of rotatable bonds is 12. The molecule has 15 N–H and O–H groups in total. The summed E-state index contributed by atoms with van der Waals surface area (Å²) < 4.78 is 17.5. The summed E-state index contributed by atoms with van der Waals surface area (Å²) in [5.41, 5.74) is 11.6. The number of aliphatic hydroxyl groups excluding tert-OH is 9. The van der Waals surface area contributed by atoms with Crippen molar-refractivity contribution in [2.24, 2.45) is 46.0 Å². The van der Waals surface area contributed by atoms with Gasteiger partial charge in [0.05, 0.1) is 54.9 Å². The van der Waals surface area contributed by atoms with Crippen LogP contribution in [0.3, 0.4) is 0 Å². The maximum atomic E-state index is 13.6. The van der Waals surface area contributed by atoms with Gasteiger partial charge in [0.2, 0.25) is 0 Å². The van der Waals surface area contributed by atoms with E-state index in [1.54, 1.807) is 65.0 Å². The highest BCUT2D eigenvalue weighted by Crippen LogP contribution is 2.36. The monoisotopic (exact) mass is 1070 g/mol. The van der Waals surface area contributed by atoms with Gasteiger partial charge in [-0.2, -0.15) is 0 Å². The molecule has 1 saturated heterocycles. The van der Waals surface area contributed by atoms with Crippen LogP contribution >= 0.6 is 0 Å². The van der Waals surface area contributed by atoms with Gasteiger partial charge in [-0.15, -0.1) is 0 Å². The van der Waals surface area contributed by atoms with Crippen LogP contribution in [0.2, 0.25) is 0 Å². The fourth-order valence-electron chi connectivity index (χ4n) is 9.34. The van der Waals surface area contributed by atoms with Crippen molar-refractivity contribution in [2.75, 3.05) is 6.54 Å². The number of guanidine groups is 1. The SMILES string of the molecule is C/C1=C/C=C/[C@H](C)[C@@H](O)C[C@H](O)[C@H](C)[C@@H](O)CC[C@@H](C)[C@@H](O)C[C@@]2(O)O[C@H](C[C@@H](OC(=O)CC(=O)O)C[C@H](O)C[C@@H](O)C[C@H](O)/C(C)=C\C=C/[C@@H](C)[C@H]([C@@H](C)CCC/C=C/CCCN=C(N)N)OC1=O)C[C@@H](O)[C@@H]2O. The van der Waals surface area contributed by atoms with Crippen LogP contribution in [0.4, 0.5) is 0 Å². The Morgan fingerprint density at radius 2 is 1.41 bits per heavy atom. The Morgan fingerprint density at radius 3 is 2.07 bits per heavy atom. The Labute approximate surface area is 443 Å². The fraction of sp³-hybridized carbons (Fsp3) is 0.745. The summed E-state index contributed by atoms with van der Waals surface area (Å²) in [5, 5.41) is 120. The zero-order valence-electron chi connectivity index (χ0n) is 45.2. The molecule has 430 valence electrons. The summed E-state index contributed by atoms with van der Waals surface area (Å²) in [7, 11) is 0. The lowest BCUT2D eigenvalue weighted by Gasteiger charge is -2.45. The first-order valence-electron chi connectivity index (χ1n) is 26.7. The van der Waals surface area contributed by atoms with E-state index in [4.69, 9.17) is 25.7 Å². The first-order chi connectivity index (χ1) is 35.1. The summed E-state index contributed by atoms with van der Waals surface area (Å²) in [5.74, 6) is -7.78. The van der Waals surface area contributed by atoms with Crippen molar-refractivity contribution < 1.29 is 84.8 Å². The zero-order valence-corrected chi connectivity index (χ0v) is 45.2. The lowest BCUT2D eigenvalue weighted by atomic mass is 9.84. The molecule has 18 atom stereocenters. The summed E-state index contributed by atoms with van der Waals surface area (Å²) in [6.07, 6.45) is 0.718. The van der Waals surface area contributed by atoms with Gasteiger partial charge in [-0.1, -0.05) is 83.2 Å². The topological polar surface area (TPSA) is 366 Å². The second-order valence-electron chi connectivity index (χ2n) is 21.4. The molecular weight excluding hydrogens is 975 g/mol. The number of carbonyl (C=O) groups excluding carboxylic acids is 2. The minimum atomic E-state index is -2.52. The van der Waals surface area contributed by atoms with Crippen molar-refractivity contribution in [2.45, 2.75) is 224 Å². The van der Waals surface area contributed by atoms with E-state index in [2.05, 4.69) is 17.1 Å². The molecule has 2 rings (SSSR count). The largest absolute Gasteiger partial charge is 0.481 e. The van der Waals surface area contributed by atoms with E-state index in [1.165, 1.54) is 0 Å². The number of fused-ring (bicyclic) bond motifs is 2. The number of nitrogens with zero attached hydrogens (tertiary/aromatic N) is 1. The Bertz CT molecular complexity index is 1910. The Hall–Kier alpha value is -4.06. The van der Waals surface area contributed by atoms with E-state index in [0.717, 1.165) is 32.1 Å². The van der Waals surface area contributed by atoms with Crippen molar-refractivity contribution >= 4 is 23.9 Å². The standard InChI is InChI=1S/C55H93N3O17/c1-32-17-14-19-36(5)51(35(4)16-12-10-8-9-11-13-23-58-54(56)57)74-53(71)37(6)20-15-18-33(2)45(63)29-46(64)38(7)43(61)22-21-34(3)48(66)31-55(72)52(70)47(65)28-42(75-55)27-41(73-50(69)30-49(67)68)25-39(59)24-40(60)26-44(32)62/h8-9,14-15,17-20,33-36,38-48,51-52,59-66,70,72H,10-13,16,21-31H2,1-7H3,(H,67,68)(H4,56,57,58)/b9-8+,18-15+,19-14-,32-17-,37-20-/t33-,34+,35-,36+,38+,39+,40+,41-,42+,43-,44-,45-,46-,47+,48-,51-,52-,55+/m0/s1. The predicted octanol–water partition coefficient (Wildman–Crippen LogP) is 3.11. The van der Waals surface area contributed by atoms with Gasteiger partial charge in [-0.05, 0) is 82.6 Å². The second kappa shape index (κ2) is 34.0. The van der Waals surface area contributed by atoms with E-state index in [-0.39, 0.29) is 69.2 Å². The van der Waals surface area contributed by atoms with Crippen LogP contribution in [0, 0.1) is 29.6 Å². The van der Waals surface area contributed by atoms with Gasteiger partial charge in [0.25, 0.3) is 0 Å². The maximum absolute atomic E-state index is 13.6. The molecular formula is C55H93N3O17. The number of ether oxygens (including phenoxy) is 3. The highest BCUT2D eigenvalue weighted by Gasteiger charge is 2.50. The van der Waals surface area contributed by atoms with Crippen LogP contribution in [0.5, 0.6) is 0 Å². The highest BCUT2D eigenvalue weighted by atomic mass is 16.7. The predicted molar refractivity (Wildman–Crippen MR) is 282 cm³/mol. The van der Waals surface area contributed by atoms with Gasteiger partial charge in [-0.25, -0.2) is 4.79 Å². The normalized spacial score (nSPS) is 38.0. The van der Waals surface area contributed by atoms with Crippen molar-refractivity contribution in [3.63, 3.8) is 0 Å². The van der Waals surface area contributed by atoms with Crippen LogP contribution < -0.4 is 11.5 Å². The molecule has 0 spiro atoms. The van der Waals surface area contributed by atoms with Gasteiger partial charge in [0, 0.05) is 68.4 Å². The van der Waals surface area contributed by atoms with E-state index in [0.29, 0.717) is 17.7 Å². The van der Waals surface area contributed by atoms with Crippen LogP contribution in [0.1, 0.15) is 145 Å². The van der Waals surface area contributed by atoms with Gasteiger partial charge >= 0.3 is 17.9 Å². The molecule has 0 aromatic rings. The smallest absolute Gasteiger partial charge is 0.334 e. The summed E-state index contributed by atoms with van der Waals surface area (Å²) in [6.45, 7) is 12.8. The molecule has 2 bridgehead atoms. The Kier molecular flexibility index (Phi) is 30.4. The number of unbranched alkanes of at least 4 members (excludes halogenated alkanes) is 2. The number of aliphatic hydroxyl groups is 10. The number of hydrogen-bond acceptors (Lipinski definition) is 17. The van der Waals surface area contributed by atoms with Crippen molar-refractivity contribution in [1.29, 1.82) is 0 Å². The van der Waals surface area contributed by atoms with Crippen LogP contribution in [0.25, 0.3) is 0 Å². The highest BCUT2D eigenvalue weighted by molar-refractivity contribution is 5.90. The molecule has 2 heterocycles. The number of aliphatic carboxylic acids is 1. The molecule has 0 aromatic heterocycles. The number of carbonyl (C=O) groups is 3. The van der Waals surface area contributed by atoms with E-state index < -0.39 is 128 Å². The summed E-state index contributed by atoms with van der Waals surface area (Å²) in [4.78, 5) is 41.5. The Balaban J connectivity index is 2.45. The lowest BCUT2D eigenvalue weighted by molar-refractivity contribution is -0.333. The summed E-state index contributed by atoms with van der Waals surface area (Å²) >= 11 is 0. The molecule has 75 heavy (non-hydrogen) atoms. The first-order valence-corrected chi connectivity index (χ1v) is 26.7. The van der Waals surface area contributed by atoms with Gasteiger partial charge in [0.1, 0.15) is 24.7 Å². The molecule has 0 radical (unpaired) electrons. The number of hydrogen-bond donors (Lipinski definition) is 13. The maximum Gasteiger partial charge on any atom is 0.334 e. The van der Waals surface area contributed by atoms with Crippen molar-refractivity contribution in [3.8, 4) is 0 Å². The average Bonchev–Trinajstić information content (AvgIpc) is 3.31. The molecule has 2 aliphatic heterocycles. The van der Waals surface area contributed by atoms with Gasteiger partial charge in [-0.3, -0.25) is 14.6 Å². The second-order valence-corrected chi connectivity index (χ2v) is 21.4. The molecule has 0 saturated carbocycles. The molecule has 20 heteroatoms. The molecule has 0 aromatic carbocycles. The number of allylic oxidation sites excluding steroid dienone is 6. The molecule has 1 fully saturated rings. The third-order valence-electron chi connectivity index (χ3n) is 14.5. The summed E-state index contributed by atoms with van der Waals surface area (Å²) in [6, 6.07) is 0. The number of carboxylic acid groups (broad SMARTS) is 1.